The van der Waals surface area contributed by atoms with Crippen LogP contribution in [0.2, 0.25) is 0 Å². The van der Waals surface area contributed by atoms with Crippen molar-refractivity contribution in [3.63, 3.8) is 0 Å². The lowest BCUT2D eigenvalue weighted by Crippen LogP contribution is -2.51. The highest BCUT2D eigenvalue weighted by Crippen LogP contribution is 2.02. The van der Waals surface area contributed by atoms with Crippen LogP contribution >= 0.6 is 0 Å². The van der Waals surface area contributed by atoms with Crippen LogP contribution in [-0.2, 0) is 0 Å². The number of nitrogens with one attached hydrogen (secondary N) is 1. The Morgan fingerprint density at radius 3 is 2.11 bits per heavy atom. The van der Waals surface area contributed by atoms with Crippen LogP contribution in [0, 0.1) is 0 Å². The Morgan fingerprint density at radius 2 is 1.78 bits per heavy atom. The van der Waals surface area contributed by atoms with Crippen LogP contribution in [0.25, 0.3) is 0 Å². The van der Waals surface area contributed by atoms with Gasteiger partial charge in [0.1, 0.15) is 0 Å². The molecule has 1 fully saturated rings. The smallest absolute Gasteiger partial charge is 0.0442 e. The maximum Gasteiger partial charge on any atom is 0.0442 e. The van der Waals surface area contributed by atoms with Gasteiger partial charge in [0.15, 0.2) is 0 Å². The van der Waals surface area contributed by atoms with Crippen LogP contribution < -0.4 is 5.32 Å². The average Bonchev–Trinajstić information content (AvgIpc) is 1.59. The molecule has 2 atom stereocenters. The molecule has 2 nitrogen and oxygen atoms in total. The van der Waals surface area contributed by atoms with Crippen molar-refractivity contribution in [2.24, 2.45) is 0 Å². The van der Waals surface area contributed by atoms with E-state index in [4.69, 9.17) is 0 Å². The van der Waals surface area contributed by atoms with Crippen molar-refractivity contribution in [2.75, 3.05) is 13.1 Å². The molecule has 0 saturated carbocycles. The monoisotopic (exact) mass is 132 g/mol. The number of hydrogen-bond acceptors (Lipinski definition) is 2. The second-order valence-corrected chi connectivity index (χ2v) is 2.80. The van der Waals surface area contributed by atoms with Gasteiger partial charge in [-0.1, -0.05) is 0 Å². The molecular formula is C6H13FN2. The van der Waals surface area contributed by atoms with E-state index in [0.29, 0.717) is 25.2 Å². The summed E-state index contributed by atoms with van der Waals surface area (Å²) in [4.78, 5) is 0. The number of rotatable bonds is 0. The molecule has 54 valence electrons. The normalized spacial score (nSPS) is 39.0. The first-order valence-corrected chi connectivity index (χ1v) is 3.35. The van der Waals surface area contributed by atoms with E-state index in [-0.39, 0.29) is 0 Å². The van der Waals surface area contributed by atoms with Crippen LogP contribution in [0.4, 0.5) is 4.48 Å². The van der Waals surface area contributed by atoms with Crippen LogP contribution in [-0.4, -0.2) is 30.3 Å². The molecular weight excluding hydrogens is 119 g/mol. The summed E-state index contributed by atoms with van der Waals surface area (Å²) in [5, 5.41) is 4.09. The number of hydrogen-bond donors (Lipinski definition) is 1. The van der Waals surface area contributed by atoms with Gasteiger partial charge in [-0.25, -0.2) is 0 Å². The molecule has 1 aliphatic rings. The summed E-state index contributed by atoms with van der Waals surface area (Å²) >= 11 is 0. The van der Waals surface area contributed by atoms with Gasteiger partial charge in [0, 0.05) is 25.2 Å². The van der Waals surface area contributed by atoms with Crippen LogP contribution in [0.15, 0.2) is 0 Å². The first-order chi connectivity index (χ1) is 4.18. The van der Waals surface area contributed by atoms with Gasteiger partial charge in [-0.05, 0) is 13.8 Å². The maximum absolute atomic E-state index is 12.5. The molecule has 0 aromatic heterocycles. The van der Waals surface area contributed by atoms with Gasteiger partial charge in [0.2, 0.25) is 0 Å². The van der Waals surface area contributed by atoms with E-state index in [1.807, 2.05) is 13.8 Å². The first kappa shape index (κ1) is 6.96. The van der Waals surface area contributed by atoms with Crippen LogP contribution in [0.5, 0.6) is 0 Å². The zero-order valence-electron chi connectivity index (χ0n) is 5.89. The summed E-state index contributed by atoms with van der Waals surface area (Å²) in [5.74, 6) is 0. The molecule has 0 radical (unpaired) electrons. The second kappa shape index (κ2) is 2.62. The van der Waals surface area contributed by atoms with E-state index >= 15 is 0 Å². The number of halogens is 1. The largest absolute Gasteiger partial charge is 0.309 e. The highest BCUT2D eigenvalue weighted by atomic mass is 19.2. The molecule has 0 aromatic carbocycles. The minimum Gasteiger partial charge on any atom is -0.309 e. The van der Waals surface area contributed by atoms with Crippen molar-refractivity contribution < 1.29 is 4.48 Å². The molecule has 0 aromatic rings. The fourth-order valence-corrected chi connectivity index (χ4v) is 1.26. The Kier molecular flexibility index (Phi) is 2.03. The number of nitrogens with zero attached hydrogens (tertiary/aromatic N) is 1. The summed E-state index contributed by atoms with van der Waals surface area (Å²) in [6.45, 7) is 5.01. The van der Waals surface area contributed by atoms with Crippen LogP contribution in [0.3, 0.4) is 0 Å². The third-order valence-electron chi connectivity index (χ3n) is 1.51. The second-order valence-electron chi connectivity index (χ2n) is 2.80. The summed E-state index contributed by atoms with van der Waals surface area (Å²) in [6.07, 6.45) is 0. The minimum atomic E-state index is 0.291. The van der Waals surface area contributed by atoms with Gasteiger partial charge < -0.3 is 5.32 Å². The molecule has 0 aliphatic carbocycles. The first-order valence-electron chi connectivity index (χ1n) is 3.35. The quantitative estimate of drug-likeness (QED) is 0.484. The summed E-state index contributed by atoms with van der Waals surface area (Å²) in [6, 6.07) is 0.581. The highest BCUT2D eigenvalue weighted by molar-refractivity contribution is 4.76. The van der Waals surface area contributed by atoms with Crippen molar-refractivity contribution in [1.29, 1.82) is 0 Å². The fraction of sp³-hybridized carbons (Fsp3) is 1.00. The van der Waals surface area contributed by atoms with Gasteiger partial charge >= 0.3 is 0 Å². The molecule has 0 amide bonds. The van der Waals surface area contributed by atoms with Gasteiger partial charge in [-0.3, -0.25) is 0 Å². The Bertz CT molecular complexity index is 72.0. The molecule has 9 heavy (non-hydrogen) atoms. The maximum atomic E-state index is 12.5. The topological polar surface area (TPSA) is 15.3 Å². The molecule has 1 rings (SSSR count). The molecule has 0 bridgehead atoms. The van der Waals surface area contributed by atoms with Gasteiger partial charge in [-0.15, -0.1) is 9.60 Å². The average molecular weight is 132 g/mol. The Morgan fingerprint density at radius 1 is 1.33 bits per heavy atom. The Labute approximate surface area is 55.0 Å². The lowest BCUT2D eigenvalue weighted by Gasteiger charge is -2.29. The van der Waals surface area contributed by atoms with Crippen LogP contribution in [0.1, 0.15) is 13.8 Å². The minimum absolute atomic E-state index is 0.291. The SMILES string of the molecule is CC1CN(F)CC(C)N1. The van der Waals surface area contributed by atoms with Crippen molar-refractivity contribution in [3.05, 3.63) is 0 Å². The standard InChI is InChI=1S/C6H13FN2/c1-5-3-9(7)4-6(2)8-5/h5-6,8H,3-4H2,1-2H3. The Hall–Kier alpha value is -0.150. The summed E-state index contributed by atoms with van der Waals surface area (Å²) in [5.41, 5.74) is 0. The van der Waals surface area contributed by atoms with Gasteiger partial charge in [0.05, 0.1) is 0 Å². The van der Waals surface area contributed by atoms with Gasteiger partial charge in [0.25, 0.3) is 0 Å². The van der Waals surface area contributed by atoms with E-state index in [0.717, 1.165) is 5.12 Å². The molecule has 2 unspecified atom stereocenters. The Balaban J connectivity index is 2.34. The summed E-state index contributed by atoms with van der Waals surface area (Å²) < 4.78 is 12.5. The van der Waals surface area contributed by atoms with Crippen molar-refractivity contribution >= 4 is 0 Å². The summed E-state index contributed by atoms with van der Waals surface area (Å²) in [7, 11) is 0. The third kappa shape index (κ3) is 1.91. The van der Waals surface area contributed by atoms with Crippen molar-refractivity contribution in [2.45, 2.75) is 25.9 Å². The number of piperazine rings is 1. The van der Waals surface area contributed by atoms with E-state index in [9.17, 15) is 4.48 Å². The zero-order chi connectivity index (χ0) is 6.85. The van der Waals surface area contributed by atoms with Gasteiger partial charge in [-0.2, -0.15) is 0 Å². The molecule has 3 heteroatoms. The van der Waals surface area contributed by atoms with Crippen molar-refractivity contribution in [3.8, 4) is 0 Å². The van der Waals surface area contributed by atoms with E-state index in [1.54, 1.807) is 0 Å². The molecule has 1 N–H and O–H groups in total. The lowest BCUT2D eigenvalue weighted by molar-refractivity contribution is -0.0147. The highest BCUT2D eigenvalue weighted by Gasteiger charge is 2.19. The molecule has 1 aliphatic heterocycles. The van der Waals surface area contributed by atoms with E-state index in [1.165, 1.54) is 0 Å². The fourth-order valence-electron chi connectivity index (χ4n) is 1.26. The molecule has 1 heterocycles. The third-order valence-corrected chi connectivity index (χ3v) is 1.51. The van der Waals surface area contributed by atoms with Crippen molar-refractivity contribution in [1.82, 2.24) is 10.4 Å². The molecule has 1 saturated heterocycles. The lowest BCUT2D eigenvalue weighted by atomic mass is 10.2. The van der Waals surface area contributed by atoms with E-state index in [2.05, 4.69) is 5.32 Å². The van der Waals surface area contributed by atoms with E-state index < -0.39 is 0 Å². The predicted molar refractivity (Wildman–Crippen MR) is 34.7 cm³/mol. The predicted octanol–water partition coefficient (Wildman–Crippen LogP) is 0.553. The zero-order valence-corrected chi connectivity index (χ0v) is 5.89. The molecule has 0 spiro atoms.